The molecule has 2 N–H and O–H groups in total. The maximum absolute atomic E-state index is 12.5. The number of benzene rings is 3. The number of carbonyl (C=O) groups excluding carboxylic acids is 1. The van der Waals surface area contributed by atoms with Crippen molar-refractivity contribution in [2.45, 2.75) is 13.8 Å². The smallest absolute Gasteiger partial charge is 0.259 e. The van der Waals surface area contributed by atoms with Gasteiger partial charge in [0.25, 0.3) is 5.91 Å². The molecule has 0 aliphatic carbocycles. The molecule has 0 radical (unpaired) electrons. The highest BCUT2D eigenvalue weighted by Gasteiger charge is 2.14. The fourth-order valence-corrected chi connectivity index (χ4v) is 2.49. The van der Waals surface area contributed by atoms with Crippen molar-refractivity contribution in [3.63, 3.8) is 0 Å². The first-order valence-corrected chi connectivity index (χ1v) is 7.15. The number of fused-ring (bicyclic) bond motifs is 1. The molecule has 0 saturated carbocycles. The van der Waals surface area contributed by atoms with E-state index in [0.717, 1.165) is 27.6 Å². The molecule has 0 atom stereocenters. The third kappa shape index (κ3) is 2.53. The maximum Gasteiger partial charge on any atom is 0.259 e. The molecule has 3 heteroatoms. The highest BCUT2D eigenvalue weighted by atomic mass is 16.3. The first kappa shape index (κ1) is 14.1. The number of hydrogen-bond donors (Lipinski definition) is 2. The molecule has 3 aromatic carbocycles. The van der Waals surface area contributed by atoms with Crippen molar-refractivity contribution in [3.05, 3.63) is 71.3 Å². The average Bonchev–Trinajstić information content (AvgIpc) is 2.51. The van der Waals surface area contributed by atoms with Gasteiger partial charge in [0.15, 0.2) is 0 Å². The van der Waals surface area contributed by atoms with Gasteiger partial charge >= 0.3 is 0 Å². The fourth-order valence-electron chi connectivity index (χ4n) is 2.49. The number of hydrogen-bond acceptors (Lipinski definition) is 2. The Balaban J connectivity index is 1.98. The SMILES string of the molecule is Cc1cccc(NC(=O)c2cc3ccccc3cc2O)c1C. The monoisotopic (exact) mass is 291 g/mol. The zero-order valence-electron chi connectivity index (χ0n) is 12.6. The van der Waals surface area contributed by atoms with E-state index < -0.39 is 0 Å². The molecule has 22 heavy (non-hydrogen) atoms. The second kappa shape index (κ2) is 5.53. The predicted octanol–water partition coefficient (Wildman–Crippen LogP) is 4.41. The Kier molecular flexibility index (Phi) is 3.55. The fraction of sp³-hybridized carbons (Fsp3) is 0.105. The van der Waals surface area contributed by atoms with E-state index in [0.29, 0.717) is 0 Å². The van der Waals surface area contributed by atoms with Crippen LogP contribution in [0.25, 0.3) is 10.8 Å². The van der Waals surface area contributed by atoms with Gasteiger partial charge in [-0.05, 0) is 53.9 Å². The van der Waals surface area contributed by atoms with Crippen LogP contribution in [0, 0.1) is 13.8 Å². The van der Waals surface area contributed by atoms with Gasteiger partial charge in [-0.2, -0.15) is 0 Å². The normalized spacial score (nSPS) is 10.6. The summed E-state index contributed by atoms with van der Waals surface area (Å²) >= 11 is 0. The molecule has 0 aromatic heterocycles. The number of phenols is 1. The first-order chi connectivity index (χ1) is 10.6. The minimum absolute atomic E-state index is 0.0125. The van der Waals surface area contributed by atoms with E-state index in [4.69, 9.17) is 0 Å². The molecule has 0 saturated heterocycles. The molecule has 0 bridgehead atoms. The summed E-state index contributed by atoms with van der Waals surface area (Å²) in [6.07, 6.45) is 0. The van der Waals surface area contributed by atoms with Gasteiger partial charge in [0.1, 0.15) is 5.75 Å². The van der Waals surface area contributed by atoms with Crippen LogP contribution >= 0.6 is 0 Å². The Morgan fingerprint density at radius 3 is 2.36 bits per heavy atom. The summed E-state index contributed by atoms with van der Waals surface area (Å²) in [5.41, 5.74) is 3.17. The van der Waals surface area contributed by atoms with Crippen molar-refractivity contribution in [1.29, 1.82) is 0 Å². The number of aromatic hydroxyl groups is 1. The molecule has 1 amide bonds. The third-order valence-electron chi connectivity index (χ3n) is 3.96. The first-order valence-electron chi connectivity index (χ1n) is 7.15. The van der Waals surface area contributed by atoms with Crippen molar-refractivity contribution in [2.75, 3.05) is 5.32 Å². The summed E-state index contributed by atoms with van der Waals surface area (Å²) < 4.78 is 0. The van der Waals surface area contributed by atoms with E-state index in [1.807, 2.05) is 56.3 Å². The van der Waals surface area contributed by atoms with Gasteiger partial charge in [-0.1, -0.05) is 36.4 Å². The molecule has 110 valence electrons. The zero-order chi connectivity index (χ0) is 15.7. The molecule has 0 unspecified atom stereocenters. The highest BCUT2D eigenvalue weighted by molar-refractivity contribution is 6.08. The van der Waals surface area contributed by atoms with Crippen molar-refractivity contribution >= 4 is 22.4 Å². The lowest BCUT2D eigenvalue weighted by atomic mass is 10.0. The minimum atomic E-state index is -0.308. The summed E-state index contributed by atoms with van der Waals surface area (Å²) in [4.78, 5) is 12.5. The van der Waals surface area contributed by atoms with Crippen molar-refractivity contribution in [1.82, 2.24) is 0 Å². The van der Waals surface area contributed by atoms with Gasteiger partial charge in [-0.15, -0.1) is 0 Å². The quantitative estimate of drug-likeness (QED) is 0.734. The summed E-state index contributed by atoms with van der Waals surface area (Å²) in [6.45, 7) is 3.96. The molecule has 0 heterocycles. The highest BCUT2D eigenvalue weighted by Crippen LogP contribution is 2.26. The largest absolute Gasteiger partial charge is 0.507 e. The summed E-state index contributed by atoms with van der Waals surface area (Å²) in [7, 11) is 0. The lowest BCUT2D eigenvalue weighted by molar-refractivity contribution is 0.102. The van der Waals surface area contributed by atoms with Gasteiger partial charge < -0.3 is 10.4 Å². The van der Waals surface area contributed by atoms with Crippen LogP contribution in [-0.4, -0.2) is 11.0 Å². The standard InChI is InChI=1S/C19H17NO2/c1-12-6-5-9-17(13(12)2)20-19(22)16-10-14-7-3-4-8-15(14)11-18(16)21/h3-11,21H,1-2H3,(H,20,22). The molecular weight excluding hydrogens is 274 g/mol. The lowest BCUT2D eigenvalue weighted by Gasteiger charge is -2.12. The number of amides is 1. The maximum atomic E-state index is 12.5. The number of nitrogens with one attached hydrogen (secondary N) is 1. The van der Waals surface area contributed by atoms with E-state index in [2.05, 4.69) is 5.32 Å². The van der Waals surface area contributed by atoms with Crippen LogP contribution in [0.2, 0.25) is 0 Å². The van der Waals surface area contributed by atoms with Gasteiger partial charge in [0.2, 0.25) is 0 Å². The third-order valence-corrected chi connectivity index (χ3v) is 3.96. The second-order valence-corrected chi connectivity index (χ2v) is 5.42. The lowest BCUT2D eigenvalue weighted by Crippen LogP contribution is -2.13. The van der Waals surface area contributed by atoms with Crippen LogP contribution in [0.1, 0.15) is 21.5 Å². The molecule has 0 spiro atoms. The molecule has 3 aromatic rings. The summed E-state index contributed by atoms with van der Waals surface area (Å²) in [5, 5.41) is 14.8. The molecule has 3 rings (SSSR count). The second-order valence-electron chi connectivity index (χ2n) is 5.42. The van der Waals surface area contributed by atoms with Crippen LogP contribution in [0.15, 0.2) is 54.6 Å². The van der Waals surface area contributed by atoms with Gasteiger partial charge in [-0.3, -0.25) is 4.79 Å². The van der Waals surface area contributed by atoms with Crippen molar-refractivity contribution < 1.29 is 9.90 Å². The van der Waals surface area contributed by atoms with E-state index >= 15 is 0 Å². The zero-order valence-corrected chi connectivity index (χ0v) is 12.6. The van der Waals surface area contributed by atoms with Crippen molar-refractivity contribution in [2.24, 2.45) is 0 Å². The van der Waals surface area contributed by atoms with Crippen LogP contribution in [0.3, 0.4) is 0 Å². The topological polar surface area (TPSA) is 49.3 Å². The van der Waals surface area contributed by atoms with Crippen LogP contribution in [0.5, 0.6) is 5.75 Å². The Morgan fingerprint density at radius 1 is 0.955 bits per heavy atom. The number of anilines is 1. The van der Waals surface area contributed by atoms with E-state index in [1.165, 1.54) is 0 Å². The number of rotatable bonds is 2. The molecule has 0 fully saturated rings. The van der Waals surface area contributed by atoms with Gasteiger partial charge in [0, 0.05) is 5.69 Å². The van der Waals surface area contributed by atoms with Gasteiger partial charge in [-0.25, -0.2) is 0 Å². The summed E-state index contributed by atoms with van der Waals surface area (Å²) in [6, 6.07) is 16.7. The molecular formula is C19H17NO2. The minimum Gasteiger partial charge on any atom is -0.507 e. The number of phenolic OH excluding ortho intramolecular Hbond substituents is 1. The van der Waals surface area contributed by atoms with Crippen LogP contribution in [0.4, 0.5) is 5.69 Å². The van der Waals surface area contributed by atoms with Gasteiger partial charge in [0.05, 0.1) is 5.56 Å². The Hall–Kier alpha value is -2.81. The predicted molar refractivity (Wildman–Crippen MR) is 89.5 cm³/mol. The number of aryl methyl sites for hydroxylation is 1. The van der Waals surface area contributed by atoms with E-state index in [1.54, 1.807) is 12.1 Å². The molecule has 3 nitrogen and oxygen atoms in total. The van der Waals surface area contributed by atoms with E-state index in [9.17, 15) is 9.90 Å². The Bertz CT molecular complexity index is 868. The van der Waals surface area contributed by atoms with E-state index in [-0.39, 0.29) is 17.2 Å². The number of carbonyl (C=O) groups is 1. The van der Waals surface area contributed by atoms with Crippen LogP contribution < -0.4 is 5.32 Å². The summed E-state index contributed by atoms with van der Waals surface area (Å²) in [5.74, 6) is -0.321. The van der Waals surface area contributed by atoms with Crippen LogP contribution in [-0.2, 0) is 0 Å². The Morgan fingerprint density at radius 2 is 1.64 bits per heavy atom. The molecule has 0 aliphatic heterocycles. The average molecular weight is 291 g/mol. The van der Waals surface area contributed by atoms with Crippen molar-refractivity contribution in [3.8, 4) is 5.75 Å². The Labute approximate surface area is 129 Å². The molecule has 0 aliphatic rings.